The molecule has 3 nitrogen and oxygen atoms in total. The molecule has 0 spiro atoms. The zero-order chi connectivity index (χ0) is 13.1. The Morgan fingerprint density at radius 3 is 2.78 bits per heavy atom. The van der Waals surface area contributed by atoms with Gasteiger partial charge in [-0.25, -0.2) is 4.79 Å². The largest absolute Gasteiger partial charge is 0.487 e. The van der Waals surface area contributed by atoms with Gasteiger partial charge in [0.15, 0.2) is 0 Å². The van der Waals surface area contributed by atoms with Gasteiger partial charge in [-0.15, -0.1) is 11.3 Å². The molecule has 0 fully saturated rings. The van der Waals surface area contributed by atoms with E-state index in [0.29, 0.717) is 21.4 Å². The van der Waals surface area contributed by atoms with Crippen LogP contribution in [0.15, 0.2) is 29.6 Å². The third kappa shape index (κ3) is 2.96. The molecule has 0 bridgehead atoms. The molecule has 1 aromatic carbocycles. The number of halogens is 2. The maximum Gasteiger partial charge on any atom is 0.346 e. The first kappa shape index (κ1) is 13.2. The minimum atomic E-state index is -0.953. The molecule has 0 aliphatic rings. The maximum absolute atomic E-state index is 10.9. The number of aromatic carboxylic acids is 1. The second-order valence-corrected chi connectivity index (χ2v) is 5.20. The van der Waals surface area contributed by atoms with Gasteiger partial charge in [0.05, 0.1) is 5.02 Å². The highest BCUT2D eigenvalue weighted by Crippen LogP contribution is 2.29. The topological polar surface area (TPSA) is 46.5 Å². The maximum atomic E-state index is 10.9. The normalized spacial score (nSPS) is 10.3. The first-order chi connectivity index (χ1) is 8.58. The van der Waals surface area contributed by atoms with Crippen molar-refractivity contribution >= 4 is 40.5 Å². The molecule has 0 radical (unpaired) electrons. The third-order valence-electron chi connectivity index (χ3n) is 2.22. The van der Waals surface area contributed by atoms with Crippen LogP contribution in [0.1, 0.15) is 15.2 Å². The van der Waals surface area contributed by atoms with Crippen LogP contribution in [0.2, 0.25) is 10.0 Å². The van der Waals surface area contributed by atoms with Crippen LogP contribution in [-0.2, 0) is 6.61 Å². The Morgan fingerprint density at radius 1 is 1.33 bits per heavy atom. The van der Waals surface area contributed by atoms with Gasteiger partial charge in [-0.1, -0.05) is 23.2 Å². The molecule has 1 N–H and O–H groups in total. The lowest BCUT2D eigenvalue weighted by Gasteiger charge is -2.07. The van der Waals surface area contributed by atoms with Crippen LogP contribution in [0, 0.1) is 0 Å². The molecule has 2 aromatic rings. The molecule has 18 heavy (non-hydrogen) atoms. The quantitative estimate of drug-likeness (QED) is 0.914. The Balaban J connectivity index is 2.11. The number of carboxylic acid groups (broad SMARTS) is 1. The fourth-order valence-corrected chi connectivity index (χ4v) is 2.60. The van der Waals surface area contributed by atoms with Crippen molar-refractivity contribution in [2.75, 3.05) is 0 Å². The number of ether oxygens (including phenoxy) is 1. The van der Waals surface area contributed by atoms with E-state index in [1.807, 2.05) is 0 Å². The minimum Gasteiger partial charge on any atom is -0.487 e. The summed E-state index contributed by atoms with van der Waals surface area (Å²) >= 11 is 12.9. The average molecular weight is 303 g/mol. The molecule has 94 valence electrons. The third-order valence-corrected chi connectivity index (χ3v) is 3.69. The van der Waals surface area contributed by atoms with Crippen LogP contribution < -0.4 is 4.74 Å². The standard InChI is InChI=1S/C12H8Cl2O3S/c13-8-1-2-10(9(14)5-8)17-6-7-3-4-18-11(7)12(15)16/h1-5H,6H2,(H,15,16). The molecule has 1 aromatic heterocycles. The van der Waals surface area contributed by atoms with Gasteiger partial charge in [0.2, 0.25) is 0 Å². The molecule has 0 unspecified atom stereocenters. The molecule has 0 saturated heterocycles. The molecule has 6 heteroatoms. The molecule has 2 rings (SSSR count). The summed E-state index contributed by atoms with van der Waals surface area (Å²) in [7, 11) is 0. The fraction of sp³-hybridized carbons (Fsp3) is 0.0833. The van der Waals surface area contributed by atoms with Crippen LogP contribution in [0.5, 0.6) is 5.75 Å². The predicted octanol–water partition coefficient (Wildman–Crippen LogP) is 4.33. The molecule has 0 saturated carbocycles. The van der Waals surface area contributed by atoms with Gasteiger partial charge in [0.25, 0.3) is 0 Å². The van der Waals surface area contributed by atoms with E-state index in [-0.39, 0.29) is 11.5 Å². The number of thiophene rings is 1. The van der Waals surface area contributed by atoms with Crippen LogP contribution in [0.4, 0.5) is 0 Å². The van der Waals surface area contributed by atoms with Crippen LogP contribution >= 0.6 is 34.5 Å². The highest BCUT2D eigenvalue weighted by Gasteiger charge is 2.12. The van der Waals surface area contributed by atoms with Gasteiger partial charge in [0.1, 0.15) is 17.2 Å². The van der Waals surface area contributed by atoms with Crippen molar-refractivity contribution in [1.29, 1.82) is 0 Å². The fourth-order valence-electron chi connectivity index (χ4n) is 1.38. The van der Waals surface area contributed by atoms with E-state index in [1.165, 1.54) is 11.3 Å². The molecule has 0 amide bonds. The van der Waals surface area contributed by atoms with E-state index >= 15 is 0 Å². The van der Waals surface area contributed by atoms with E-state index in [0.717, 1.165) is 0 Å². The molecular formula is C12H8Cl2O3S. The summed E-state index contributed by atoms with van der Waals surface area (Å²) in [5.41, 5.74) is 0.624. The monoisotopic (exact) mass is 302 g/mol. The minimum absolute atomic E-state index is 0.159. The number of carboxylic acids is 1. The summed E-state index contributed by atoms with van der Waals surface area (Å²) in [6, 6.07) is 6.61. The van der Waals surface area contributed by atoms with Crippen LogP contribution in [0.25, 0.3) is 0 Å². The number of carbonyl (C=O) groups is 1. The van der Waals surface area contributed by atoms with E-state index in [9.17, 15) is 4.79 Å². The summed E-state index contributed by atoms with van der Waals surface area (Å²) < 4.78 is 5.48. The Labute approximate surface area is 118 Å². The van der Waals surface area contributed by atoms with Crippen LogP contribution in [0.3, 0.4) is 0 Å². The lowest BCUT2D eigenvalue weighted by atomic mass is 10.2. The predicted molar refractivity (Wildman–Crippen MR) is 72.1 cm³/mol. The first-order valence-electron chi connectivity index (χ1n) is 4.95. The van der Waals surface area contributed by atoms with Crippen molar-refractivity contribution in [2.24, 2.45) is 0 Å². The van der Waals surface area contributed by atoms with E-state index in [1.54, 1.807) is 29.6 Å². The smallest absolute Gasteiger partial charge is 0.346 e. The van der Waals surface area contributed by atoms with Gasteiger partial charge < -0.3 is 9.84 Å². The number of hydrogen-bond donors (Lipinski definition) is 1. The highest BCUT2D eigenvalue weighted by atomic mass is 35.5. The summed E-state index contributed by atoms with van der Waals surface area (Å²) in [4.78, 5) is 11.2. The molecular weight excluding hydrogens is 295 g/mol. The average Bonchev–Trinajstić information content (AvgIpc) is 2.76. The second-order valence-electron chi connectivity index (χ2n) is 3.44. The lowest BCUT2D eigenvalue weighted by molar-refractivity contribution is 0.0699. The summed E-state index contributed by atoms with van der Waals surface area (Å²) in [6.45, 7) is 0.159. The Bertz CT molecular complexity index is 580. The molecule has 0 aliphatic heterocycles. The Hall–Kier alpha value is -1.23. The van der Waals surface area contributed by atoms with Crippen molar-refractivity contribution in [1.82, 2.24) is 0 Å². The van der Waals surface area contributed by atoms with E-state index in [2.05, 4.69) is 0 Å². The van der Waals surface area contributed by atoms with Crippen molar-refractivity contribution in [3.05, 3.63) is 50.1 Å². The van der Waals surface area contributed by atoms with E-state index in [4.69, 9.17) is 33.0 Å². The van der Waals surface area contributed by atoms with Gasteiger partial charge in [0, 0.05) is 10.6 Å². The van der Waals surface area contributed by atoms with Gasteiger partial charge in [-0.05, 0) is 29.6 Å². The summed E-state index contributed by atoms with van der Waals surface area (Å²) in [5, 5.41) is 11.6. The zero-order valence-corrected chi connectivity index (χ0v) is 11.4. The van der Waals surface area contributed by atoms with Crippen molar-refractivity contribution in [3.8, 4) is 5.75 Å². The van der Waals surface area contributed by atoms with Gasteiger partial charge in [-0.3, -0.25) is 0 Å². The molecule has 0 aliphatic carbocycles. The second kappa shape index (κ2) is 5.61. The number of hydrogen-bond acceptors (Lipinski definition) is 3. The lowest BCUT2D eigenvalue weighted by Crippen LogP contribution is -2.01. The zero-order valence-electron chi connectivity index (χ0n) is 9.02. The number of benzene rings is 1. The number of rotatable bonds is 4. The van der Waals surface area contributed by atoms with Crippen molar-refractivity contribution in [3.63, 3.8) is 0 Å². The molecule has 1 heterocycles. The van der Waals surface area contributed by atoms with Crippen molar-refractivity contribution < 1.29 is 14.6 Å². The highest BCUT2D eigenvalue weighted by molar-refractivity contribution is 7.12. The molecule has 0 atom stereocenters. The summed E-state index contributed by atoms with van der Waals surface area (Å²) in [6.07, 6.45) is 0. The SMILES string of the molecule is O=C(O)c1sccc1COc1ccc(Cl)cc1Cl. The Kier molecular flexibility index (Phi) is 4.11. The van der Waals surface area contributed by atoms with Gasteiger partial charge in [-0.2, -0.15) is 0 Å². The van der Waals surface area contributed by atoms with Gasteiger partial charge >= 0.3 is 5.97 Å². The first-order valence-corrected chi connectivity index (χ1v) is 6.59. The summed E-state index contributed by atoms with van der Waals surface area (Å²) in [5.74, 6) is -0.477. The Morgan fingerprint density at radius 2 is 2.11 bits per heavy atom. The van der Waals surface area contributed by atoms with E-state index < -0.39 is 5.97 Å². The van der Waals surface area contributed by atoms with Crippen molar-refractivity contribution in [2.45, 2.75) is 6.61 Å². The van der Waals surface area contributed by atoms with Crippen LogP contribution in [-0.4, -0.2) is 11.1 Å².